The fraction of sp³-hybridized carbons (Fsp3) is 0.533. The number of benzene rings is 1. The number of nitrogens with zero attached hydrogens (tertiary/aromatic N) is 3. The van der Waals surface area contributed by atoms with Gasteiger partial charge in [0.1, 0.15) is 4.95 Å². The first-order valence-corrected chi connectivity index (χ1v) is 9.07. The lowest BCUT2D eigenvalue weighted by molar-refractivity contribution is -0.925. The summed E-state index contributed by atoms with van der Waals surface area (Å²) in [6, 6.07) is 8.59. The Balaban J connectivity index is 1.57. The summed E-state index contributed by atoms with van der Waals surface area (Å²) in [5.41, 5.74) is 0. The molecule has 0 amide bonds. The summed E-state index contributed by atoms with van der Waals surface area (Å²) in [5, 5.41) is 1.32. The number of quaternary nitrogens is 1. The second-order valence-corrected chi connectivity index (χ2v) is 7.82. The lowest BCUT2D eigenvalue weighted by Crippen LogP contribution is -2.60. The number of halogens is 1. The highest BCUT2D eigenvalue weighted by Gasteiger charge is 2.42. The van der Waals surface area contributed by atoms with Crippen molar-refractivity contribution in [2.75, 3.05) is 37.6 Å². The molecule has 106 valence electrons. The van der Waals surface area contributed by atoms with Crippen molar-refractivity contribution < 1.29 is 4.48 Å². The maximum atomic E-state index is 4.70. The van der Waals surface area contributed by atoms with Crippen molar-refractivity contribution in [1.29, 1.82) is 0 Å². The second-order valence-electron chi connectivity index (χ2n) is 5.96. The molecule has 0 saturated carbocycles. The average molecular weight is 353 g/mol. The third-order valence-electron chi connectivity index (χ3n) is 4.93. The number of hydrogen-bond donors (Lipinski definition) is 0. The molecule has 1 aromatic heterocycles. The molecule has 2 fully saturated rings. The van der Waals surface area contributed by atoms with E-state index in [2.05, 4.69) is 45.1 Å². The highest BCUT2D eigenvalue weighted by atomic mass is 79.9. The summed E-state index contributed by atoms with van der Waals surface area (Å²) in [4.78, 5) is 3.16. The Kier molecular flexibility index (Phi) is 3.24. The van der Waals surface area contributed by atoms with E-state index in [9.17, 15) is 0 Å². The maximum Gasteiger partial charge on any atom is 0.150 e. The van der Waals surface area contributed by atoms with Crippen molar-refractivity contribution in [3.05, 3.63) is 24.3 Å². The van der Waals surface area contributed by atoms with Gasteiger partial charge in [0, 0.05) is 18.2 Å². The van der Waals surface area contributed by atoms with E-state index in [0.29, 0.717) is 4.95 Å². The van der Waals surface area contributed by atoms with E-state index in [-0.39, 0.29) is 0 Å². The van der Waals surface area contributed by atoms with Gasteiger partial charge in [0.25, 0.3) is 0 Å². The zero-order chi connectivity index (χ0) is 13.6. The Morgan fingerprint density at radius 3 is 2.75 bits per heavy atom. The zero-order valence-electron chi connectivity index (χ0n) is 11.5. The predicted octanol–water partition coefficient (Wildman–Crippen LogP) is 3.45. The molecule has 5 heteroatoms. The third kappa shape index (κ3) is 1.98. The Morgan fingerprint density at radius 2 is 2.00 bits per heavy atom. The van der Waals surface area contributed by atoms with Crippen molar-refractivity contribution in [2.24, 2.45) is 0 Å². The Morgan fingerprint density at radius 1 is 1.20 bits per heavy atom. The first-order valence-electron chi connectivity index (χ1n) is 7.38. The minimum atomic E-state index is 0.678. The van der Waals surface area contributed by atoms with Gasteiger partial charge in [0.2, 0.25) is 0 Å². The van der Waals surface area contributed by atoms with Crippen molar-refractivity contribution >= 4 is 43.4 Å². The summed E-state index contributed by atoms with van der Waals surface area (Å²) in [6.07, 6.45) is 2.70. The lowest BCUT2D eigenvalue weighted by atomic mass is 10.2. The zero-order valence-corrected chi connectivity index (χ0v) is 13.9. The fourth-order valence-corrected chi connectivity index (χ4v) is 5.40. The highest BCUT2D eigenvalue weighted by Crippen LogP contribution is 2.35. The molecule has 0 radical (unpaired) electrons. The first kappa shape index (κ1) is 13.0. The molecule has 0 bridgehead atoms. The van der Waals surface area contributed by atoms with Gasteiger partial charge in [0.15, 0.2) is 5.82 Å². The third-order valence-corrected chi connectivity index (χ3v) is 7.07. The highest BCUT2D eigenvalue weighted by molar-refractivity contribution is 9.09. The molecule has 2 aliphatic heterocycles. The summed E-state index contributed by atoms with van der Waals surface area (Å²) in [5.74, 6) is 1.20. The number of hydrogen-bond acceptors (Lipinski definition) is 3. The Bertz CT molecular complexity index is 618. The van der Waals surface area contributed by atoms with Gasteiger partial charge in [-0.3, -0.25) is 0 Å². The molecular weight excluding hydrogens is 334 g/mol. The van der Waals surface area contributed by atoms with E-state index in [0.717, 1.165) is 13.1 Å². The molecule has 1 unspecified atom stereocenters. The largest absolute Gasteiger partial charge is 0.344 e. The van der Waals surface area contributed by atoms with Gasteiger partial charge in [-0.05, 0) is 39.6 Å². The van der Waals surface area contributed by atoms with Crippen molar-refractivity contribution in [3.63, 3.8) is 0 Å². The quantitative estimate of drug-likeness (QED) is 0.444. The van der Waals surface area contributed by atoms with Gasteiger partial charge in [-0.1, -0.05) is 12.1 Å². The SMILES string of the molecule is BrC1CCC[N+]12CCN(c1nsc3ccccc13)CC2. The summed E-state index contributed by atoms with van der Waals surface area (Å²) in [7, 11) is 0. The second kappa shape index (κ2) is 4.97. The molecule has 3 heterocycles. The molecule has 4 rings (SSSR count). The fourth-order valence-electron chi connectivity index (χ4n) is 3.67. The Labute approximate surface area is 132 Å². The van der Waals surface area contributed by atoms with Crippen LogP contribution in [0.4, 0.5) is 5.82 Å². The van der Waals surface area contributed by atoms with E-state index in [1.807, 2.05) is 0 Å². The molecule has 0 N–H and O–H groups in total. The number of anilines is 1. The van der Waals surface area contributed by atoms with E-state index in [4.69, 9.17) is 4.37 Å². The minimum absolute atomic E-state index is 0.678. The number of piperazine rings is 1. The van der Waals surface area contributed by atoms with Crippen LogP contribution in [0.15, 0.2) is 24.3 Å². The molecule has 1 spiro atoms. The monoisotopic (exact) mass is 352 g/mol. The molecule has 1 aromatic carbocycles. The molecule has 2 saturated heterocycles. The Hall–Kier alpha value is -0.650. The summed E-state index contributed by atoms with van der Waals surface area (Å²) < 4.78 is 7.28. The van der Waals surface area contributed by atoms with Crippen LogP contribution in [0.1, 0.15) is 12.8 Å². The summed E-state index contributed by atoms with van der Waals surface area (Å²) >= 11 is 5.53. The van der Waals surface area contributed by atoms with Gasteiger partial charge < -0.3 is 9.38 Å². The molecular formula is C15H19BrN3S+. The van der Waals surface area contributed by atoms with E-state index >= 15 is 0 Å². The standard InChI is InChI=1S/C15H19BrN3S/c16-14-6-3-9-19(14)10-7-18(8-11-19)15-12-4-1-2-5-13(12)20-17-15/h1-2,4-5,14H,3,6-11H2/q+1. The first-order chi connectivity index (χ1) is 9.78. The van der Waals surface area contributed by atoms with Gasteiger partial charge in [-0.25, -0.2) is 0 Å². The topological polar surface area (TPSA) is 16.1 Å². The summed E-state index contributed by atoms with van der Waals surface area (Å²) in [6.45, 7) is 6.12. The van der Waals surface area contributed by atoms with Gasteiger partial charge in [0.05, 0.1) is 37.4 Å². The number of aromatic nitrogens is 1. The van der Waals surface area contributed by atoms with Gasteiger partial charge in [-0.15, -0.1) is 0 Å². The van der Waals surface area contributed by atoms with Crippen LogP contribution in [0, 0.1) is 0 Å². The van der Waals surface area contributed by atoms with Crippen LogP contribution in [-0.2, 0) is 0 Å². The van der Waals surface area contributed by atoms with Crippen LogP contribution in [0.5, 0.6) is 0 Å². The van der Waals surface area contributed by atoms with Gasteiger partial charge in [-0.2, -0.15) is 4.37 Å². The minimum Gasteiger partial charge on any atom is -0.344 e. The van der Waals surface area contributed by atoms with Gasteiger partial charge >= 0.3 is 0 Å². The average Bonchev–Trinajstić information content (AvgIpc) is 3.06. The van der Waals surface area contributed by atoms with E-state index in [1.165, 1.54) is 52.9 Å². The van der Waals surface area contributed by atoms with Crippen LogP contribution in [-0.4, -0.2) is 46.5 Å². The van der Waals surface area contributed by atoms with E-state index < -0.39 is 0 Å². The predicted molar refractivity (Wildman–Crippen MR) is 88.6 cm³/mol. The van der Waals surface area contributed by atoms with Crippen LogP contribution < -0.4 is 4.90 Å². The van der Waals surface area contributed by atoms with Crippen LogP contribution >= 0.6 is 27.5 Å². The lowest BCUT2D eigenvalue weighted by Gasteiger charge is -2.44. The van der Waals surface area contributed by atoms with E-state index in [1.54, 1.807) is 11.5 Å². The van der Waals surface area contributed by atoms with Crippen LogP contribution in [0.3, 0.4) is 0 Å². The van der Waals surface area contributed by atoms with Crippen molar-refractivity contribution in [1.82, 2.24) is 4.37 Å². The molecule has 3 nitrogen and oxygen atoms in total. The molecule has 1 atom stereocenters. The van der Waals surface area contributed by atoms with Crippen molar-refractivity contribution in [3.8, 4) is 0 Å². The molecule has 20 heavy (non-hydrogen) atoms. The van der Waals surface area contributed by atoms with Crippen LogP contribution in [0.2, 0.25) is 0 Å². The normalized spacial score (nSPS) is 25.6. The number of fused-ring (bicyclic) bond motifs is 1. The molecule has 2 aromatic rings. The molecule has 2 aliphatic rings. The van der Waals surface area contributed by atoms with Crippen LogP contribution in [0.25, 0.3) is 10.1 Å². The number of rotatable bonds is 1. The maximum absolute atomic E-state index is 4.70. The smallest absolute Gasteiger partial charge is 0.150 e. The number of alkyl halides is 1. The van der Waals surface area contributed by atoms with Crippen molar-refractivity contribution in [2.45, 2.75) is 17.8 Å². The molecule has 0 aliphatic carbocycles.